The Morgan fingerprint density at radius 2 is 2.26 bits per heavy atom. The number of carbonyl (C=O) groups is 1. The highest BCUT2D eigenvalue weighted by Crippen LogP contribution is 2.27. The maximum absolute atomic E-state index is 12.0. The van der Waals surface area contributed by atoms with E-state index in [1.165, 1.54) is 5.56 Å². The lowest BCUT2D eigenvalue weighted by Gasteiger charge is -2.16. The standard InChI is InChI=1S/C17H21N3O2S/c1-12-18-19-17(23-12)15-5-3-4-13(9-15)8-14-10-16(21)20(11-14)6-7-22-2/h3-5,9,14H,6-8,10-11H2,1-2H3/t14-/m1/s1. The van der Waals surface area contributed by atoms with Crippen molar-refractivity contribution in [3.8, 4) is 10.6 Å². The molecule has 1 aromatic carbocycles. The molecule has 1 aliphatic rings. The van der Waals surface area contributed by atoms with Gasteiger partial charge in [0.15, 0.2) is 0 Å². The number of aryl methyl sites for hydroxylation is 1. The van der Waals surface area contributed by atoms with Gasteiger partial charge in [-0.05, 0) is 30.9 Å². The molecule has 2 aromatic rings. The molecule has 0 radical (unpaired) electrons. The molecule has 0 N–H and O–H groups in total. The Morgan fingerprint density at radius 1 is 1.39 bits per heavy atom. The van der Waals surface area contributed by atoms with E-state index in [1.807, 2.05) is 11.8 Å². The molecule has 2 heterocycles. The van der Waals surface area contributed by atoms with Crippen LogP contribution in [-0.2, 0) is 16.0 Å². The van der Waals surface area contributed by atoms with Crippen molar-refractivity contribution >= 4 is 17.2 Å². The van der Waals surface area contributed by atoms with E-state index in [2.05, 4.69) is 34.5 Å². The van der Waals surface area contributed by atoms with E-state index in [4.69, 9.17) is 4.74 Å². The SMILES string of the molecule is COCCN1C[C@H](Cc2cccc(-c3nnc(C)s3)c2)CC1=O. The number of ether oxygens (including phenoxy) is 1. The first-order chi connectivity index (χ1) is 11.2. The first-order valence-corrected chi connectivity index (χ1v) is 8.63. The van der Waals surface area contributed by atoms with Gasteiger partial charge in [-0.3, -0.25) is 4.79 Å². The van der Waals surface area contributed by atoms with Crippen molar-refractivity contribution in [3.05, 3.63) is 34.8 Å². The number of rotatable bonds is 6. The fourth-order valence-electron chi connectivity index (χ4n) is 2.99. The predicted octanol–water partition coefficient (Wildman–Crippen LogP) is 2.55. The number of hydrogen-bond donors (Lipinski definition) is 0. The summed E-state index contributed by atoms with van der Waals surface area (Å²) in [5.41, 5.74) is 2.36. The topological polar surface area (TPSA) is 55.3 Å². The van der Waals surface area contributed by atoms with E-state index >= 15 is 0 Å². The zero-order valence-electron chi connectivity index (χ0n) is 13.5. The Morgan fingerprint density at radius 3 is 3.00 bits per heavy atom. The number of benzene rings is 1. The second kappa shape index (κ2) is 7.19. The zero-order chi connectivity index (χ0) is 16.2. The van der Waals surface area contributed by atoms with Gasteiger partial charge in [0.05, 0.1) is 6.61 Å². The molecule has 0 spiro atoms. The minimum absolute atomic E-state index is 0.239. The third kappa shape index (κ3) is 3.95. The summed E-state index contributed by atoms with van der Waals surface area (Å²) in [6.07, 6.45) is 1.55. The molecule has 1 saturated heterocycles. The molecule has 1 aromatic heterocycles. The van der Waals surface area contributed by atoms with Crippen molar-refractivity contribution in [1.82, 2.24) is 15.1 Å². The average molecular weight is 331 g/mol. The van der Waals surface area contributed by atoms with Crippen LogP contribution >= 0.6 is 11.3 Å². The third-order valence-electron chi connectivity index (χ3n) is 4.08. The molecular weight excluding hydrogens is 310 g/mol. The van der Waals surface area contributed by atoms with Crippen LogP contribution in [0.5, 0.6) is 0 Å². The predicted molar refractivity (Wildman–Crippen MR) is 90.3 cm³/mol. The molecular formula is C17H21N3O2S. The maximum Gasteiger partial charge on any atom is 0.223 e. The molecule has 5 nitrogen and oxygen atoms in total. The summed E-state index contributed by atoms with van der Waals surface area (Å²) < 4.78 is 5.07. The van der Waals surface area contributed by atoms with Crippen LogP contribution < -0.4 is 0 Å². The first-order valence-electron chi connectivity index (χ1n) is 7.82. The van der Waals surface area contributed by atoms with Gasteiger partial charge in [-0.2, -0.15) is 0 Å². The van der Waals surface area contributed by atoms with Crippen molar-refractivity contribution in [3.63, 3.8) is 0 Å². The Labute approximate surface area is 140 Å². The molecule has 0 saturated carbocycles. The van der Waals surface area contributed by atoms with Crippen LogP contribution in [0.3, 0.4) is 0 Å². The second-order valence-electron chi connectivity index (χ2n) is 5.93. The molecule has 0 unspecified atom stereocenters. The van der Waals surface area contributed by atoms with E-state index in [9.17, 15) is 4.79 Å². The van der Waals surface area contributed by atoms with Gasteiger partial charge < -0.3 is 9.64 Å². The van der Waals surface area contributed by atoms with Crippen LogP contribution in [-0.4, -0.2) is 47.8 Å². The molecule has 1 fully saturated rings. The smallest absolute Gasteiger partial charge is 0.223 e. The highest BCUT2D eigenvalue weighted by Gasteiger charge is 2.29. The molecule has 1 amide bonds. The maximum atomic E-state index is 12.0. The van der Waals surface area contributed by atoms with E-state index < -0.39 is 0 Å². The summed E-state index contributed by atoms with van der Waals surface area (Å²) in [7, 11) is 1.67. The van der Waals surface area contributed by atoms with Crippen LogP contribution in [0, 0.1) is 12.8 Å². The molecule has 0 aliphatic carbocycles. The number of methoxy groups -OCH3 is 1. The van der Waals surface area contributed by atoms with Crippen molar-refractivity contribution in [1.29, 1.82) is 0 Å². The summed E-state index contributed by atoms with van der Waals surface area (Å²) in [4.78, 5) is 13.9. The number of nitrogens with zero attached hydrogens (tertiary/aromatic N) is 3. The Kier molecular flexibility index (Phi) is 5.03. The number of hydrogen-bond acceptors (Lipinski definition) is 5. The number of carbonyl (C=O) groups excluding carboxylic acids is 1. The molecule has 3 rings (SSSR count). The van der Waals surface area contributed by atoms with Gasteiger partial charge >= 0.3 is 0 Å². The Bertz CT molecular complexity index is 686. The Balaban J connectivity index is 1.66. The zero-order valence-corrected chi connectivity index (χ0v) is 14.3. The van der Waals surface area contributed by atoms with Gasteiger partial charge in [0.1, 0.15) is 10.0 Å². The summed E-state index contributed by atoms with van der Waals surface area (Å²) >= 11 is 1.60. The number of likely N-dealkylation sites (tertiary alicyclic amines) is 1. The minimum atomic E-state index is 0.239. The minimum Gasteiger partial charge on any atom is -0.383 e. The summed E-state index contributed by atoms with van der Waals surface area (Å²) in [5, 5.41) is 10.2. The molecule has 23 heavy (non-hydrogen) atoms. The van der Waals surface area contributed by atoms with Crippen molar-refractivity contribution in [2.45, 2.75) is 19.8 Å². The van der Waals surface area contributed by atoms with Crippen molar-refractivity contribution < 1.29 is 9.53 Å². The van der Waals surface area contributed by atoms with Gasteiger partial charge in [0.25, 0.3) is 0 Å². The molecule has 0 bridgehead atoms. The van der Waals surface area contributed by atoms with Crippen LogP contribution in [0.4, 0.5) is 0 Å². The Hall–Kier alpha value is -1.79. The van der Waals surface area contributed by atoms with Gasteiger partial charge in [-0.15, -0.1) is 10.2 Å². The van der Waals surface area contributed by atoms with E-state index in [-0.39, 0.29) is 5.91 Å². The summed E-state index contributed by atoms with van der Waals surface area (Å²) in [6, 6.07) is 8.41. The molecule has 1 atom stereocenters. The van der Waals surface area contributed by atoms with Crippen LogP contribution in [0.15, 0.2) is 24.3 Å². The lowest BCUT2D eigenvalue weighted by Crippen LogP contribution is -2.28. The molecule has 122 valence electrons. The third-order valence-corrected chi connectivity index (χ3v) is 4.97. The average Bonchev–Trinajstić information content (AvgIpc) is 3.11. The van der Waals surface area contributed by atoms with Crippen LogP contribution in [0.25, 0.3) is 10.6 Å². The van der Waals surface area contributed by atoms with Crippen molar-refractivity contribution in [2.75, 3.05) is 26.8 Å². The monoisotopic (exact) mass is 331 g/mol. The lowest BCUT2D eigenvalue weighted by atomic mass is 9.97. The second-order valence-corrected chi connectivity index (χ2v) is 7.12. The molecule has 1 aliphatic heterocycles. The highest BCUT2D eigenvalue weighted by atomic mass is 32.1. The number of aromatic nitrogens is 2. The largest absolute Gasteiger partial charge is 0.383 e. The van der Waals surface area contributed by atoms with Crippen LogP contribution in [0.1, 0.15) is 17.0 Å². The fourth-order valence-corrected chi connectivity index (χ4v) is 3.67. The van der Waals surface area contributed by atoms with Gasteiger partial charge in [0, 0.05) is 32.2 Å². The normalized spacial score (nSPS) is 17.9. The van der Waals surface area contributed by atoms with E-state index in [1.54, 1.807) is 18.4 Å². The lowest BCUT2D eigenvalue weighted by molar-refractivity contribution is -0.128. The van der Waals surface area contributed by atoms with Gasteiger partial charge in [0.2, 0.25) is 5.91 Å². The number of amides is 1. The van der Waals surface area contributed by atoms with E-state index in [0.717, 1.165) is 28.5 Å². The van der Waals surface area contributed by atoms with E-state index in [0.29, 0.717) is 25.5 Å². The van der Waals surface area contributed by atoms with Gasteiger partial charge in [-0.1, -0.05) is 29.5 Å². The van der Waals surface area contributed by atoms with Crippen molar-refractivity contribution in [2.24, 2.45) is 5.92 Å². The molecule has 6 heteroatoms. The first kappa shape index (κ1) is 16.1. The summed E-state index contributed by atoms with van der Waals surface area (Å²) in [6.45, 7) is 4.08. The summed E-state index contributed by atoms with van der Waals surface area (Å²) in [5.74, 6) is 0.619. The van der Waals surface area contributed by atoms with Gasteiger partial charge in [-0.25, -0.2) is 0 Å². The van der Waals surface area contributed by atoms with Crippen LogP contribution in [0.2, 0.25) is 0 Å². The fraction of sp³-hybridized carbons (Fsp3) is 0.471. The highest BCUT2D eigenvalue weighted by molar-refractivity contribution is 7.14. The quantitative estimate of drug-likeness (QED) is 0.816.